The van der Waals surface area contributed by atoms with E-state index in [1.54, 1.807) is 0 Å². The maximum Gasteiger partial charge on any atom is 0.127 e. The third kappa shape index (κ3) is 1.33. The summed E-state index contributed by atoms with van der Waals surface area (Å²) in [5.41, 5.74) is 1.19. The van der Waals surface area contributed by atoms with E-state index in [1.165, 1.54) is 5.57 Å². The zero-order valence-electron chi connectivity index (χ0n) is 5.69. The van der Waals surface area contributed by atoms with Crippen LogP contribution in [0.3, 0.4) is 0 Å². The molecule has 0 atom stereocenters. The average molecular weight is 144 g/mol. The predicted octanol–water partition coefficient (Wildman–Crippen LogP) is 2.22. The Morgan fingerprint density at radius 2 is 2.33 bits per heavy atom. The van der Waals surface area contributed by atoms with Gasteiger partial charge in [-0.25, -0.2) is 0 Å². The van der Waals surface area contributed by atoms with E-state index in [0.29, 0.717) is 11.1 Å². The fourth-order valence-electron chi connectivity index (χ4n) is 0.874. The molecule has 0 fully saturated rings. The number of nitrogens with zero attached hydrogens (tertiary/aromatic N) is 1. The highest BCUT2D eigenvalue weighted by Gasteiger charge is 2.11. The number of halogens is 1. The van der Waals surface area contributed by atoms with Crippen molar-refractivity contribution < 1.29 is 0 Å². The summed E-state index contributed by atoms with van der Waals surface area (Å²) in [6.07, 6.45) is 2.08. The summed E-state index contributed by atoms with van der Waals surface area (Å²) in [5.74, 6) is 0.517. The fourth-order valence-corrected chi connectivity index (χ4v) is 1.24. The minimum atomic E-state index is 0.517. The van der Waals surface area contributed by atoms with E-state index in [4.69, 9.17) is 11.6 Å². The number of rotatable bonds is 1. The summed E-state index contributed by atoms with van der Waals surface area (Å²) in [5, 5.41) is 0.699. The largest absolute Gasteiger partial charge is 0.269 e. The fraction of sp³-hybridized carbons (Fsp3) is 0.571. The highest BCUT2D eigenvalue weighted by Crippen LogP contribution is 2.18. The van der Waals surface area contributed by atoms with E-state index in [9.17, 15) is 0 Å². The summed E-state index contributed by atoms with van der Waals surface area (Å²) in [7, 11) is 0. The highest BCUT2D eigenvalue weighted by molar-refractivity contribution is 6.70. The second-order valence-corrected chi connectivity index (χ2v) is 2.80. The third-order valence-electron chi connectivity index (χ3n) is 1.40. The van der Waals surface area contributed by atoms with Gasteiger partial charge in [-0.2, -0.15) is 0 Å². The van der Waals surface area contributed by atoms with Gasteiger partial charge in [0.15, 0.2) is 0 Å². The van der Waals surface area contributed by atoms with Crippen LogP contribution in [-0.4, -0.2) is 11.7 Å². The van der Waals surface area contributed by atoms with E-state index in [0.717, 1.165) is 6.54 Å². The van der Waals surface area contributed by atoms with Gasteiger partial charge >= 0.3 is 0 Å². The lowest BCUT2D eigenvalue weighted by atomic mass is 10.1. The highest BCUT2D eigenvalue weighted by atomic mass is 35.5. The van der Waals surface area contributed by atoms with Crippen molar-refractivity contribution in [3.05, 3.63) is 11.6 Å². The molecule has 50 valence electrons. The normalized spacial score (nSPS) is 18.2. The molecule has 0 saturated carbocycles. The zero-order chi connectivity index (χ0) is 6.85. The molecule has 0 spiro atoms. The molecule has 0 N–H and O–H groups in total. The minimum absolute atomic E-state index is 0.517. The Morgan fingerprint density at radius 3 is 2.56 bits per heavy atom. The number of allylic oxidation sites excluding steroid dienone is 1. The van der Waals surface area contributed by atoms with Gasteiger partial charge in [-0.1, -0.05) is 31.5 Å². The van der Waals surface area contributed by atoms with Crippen LogP contribution in [0, 0.1) is 5.92 Å². The monoisotopic (exact) mass is 143 g/mol. The van der Waals surface area contributed by atoms with Crippen LogP contribution in [0.15, 0.2) is 16.6 Å². The third-order valence-corrected chi connectivity index (χ3v) is 1.74. The maximum absolute atomic E-state index is 5.75. The zero-order valence-corrected chi connectivity index (χ0v) is 6.44. The lowest BCUT2D eigenvalue weighted by molar-refractivity contribution is 0.807. The van der Waals surface area contributed by atoms with Crippen molar-refractivity contribution in [3.8, 4) is 0 Å². The standard InChI is InChI=1S/C7H10ClN/c1-5(2)6-3-4-9-7(6)8/h3,5H,4H2,1-2H3. The Hall–Kier alpha value is -0.300. The molecule has 0 saturated heterocycles. The van der Waals surface area contributed by atoms with Crippen LogP contribution >= 0.6 is 11.6 Å². The average Bonchev–Trinajstić information content (AvgIpc) is 2.13. The second-order valence-electron chi connectivity index (χ2n) is 2.45. The van der Waals surface area contributed by atoms with Crippen LogP contribution < -0.4 is 0 Å². The first-order chi connectivity index (χ1) is 4.22. The topological polar surface area (TPSA) is 12.4 Å². The number of hydrogen-bond donors (Lipinski definition) is 0. The van der Waals surface area contributed by atoms with Crippen LogP contribution in [0.5, 0.6) is 0 Å². The quantitative estimate of drug-likeness (QED) is 0.534. The van der Waals surface area contributed by atoms with Crippen molar-refractivity contribution in [3.63, 3.8) is 0 Å². The summed E-state index contributed by atoms with van der Waals surface area (Å²) in [4.78, 5) is 4.03. The molecule has 0 aromatic rings. The number of aliphatic imine (C=N–C) groups is 1. The Bertz CT molecular complexity index is 168. The lowest BCUT2D eigenvalue weighted by Crippen LogP contribution is -1.97. The van der Waals surface area contributed by atoms with Crippen LogP contribution in [0.2, 0.25) is 0 Å². The molecular weight excluding hydrogens is 134 g/mol. The predicted molar refractivity (Wildman–Crippen MR) is 41.1 cm³/mol. The molecule has 1 aliphatic heterocycles. The minimum Gasteiger partial charge on any atom is -0.269 e. The van der Waals surface area contributed by atoms with Gasteiger partial charge in [0.1, 0.15) is 5.17 Å². The molecule has 1 nitrogen and oxygen atoms in total. The van der Waals surface area contributed by atoms with Gasteiger partial charge in [-0.05, 0) is 11.5 Å². The smallest absolute Gasteiger partial charge is 0.127 e. The summed E-state index contributed by atoms with van der Waals surface area (Å²) in [6, 6.07) is 0. The van der Waals surface area contributed by atoms with Crippen molar-refractivity contribution in [2.45, 2.75) is 13.8 Å². The van der Waals surface area contributed by atoms with Crippen molar-refractivity contribution >= 4 is 16.8 Å². The molecule has 0 aliphatic carbocycles. The molecule has 0 aromatic heterocycles. The number of hydrogen-bond acceptors (Lipinski definition) is 1. The second kappa shape index (κ2) is 2.53. The van der Waals surface area contributed by atoms with Crippen LogP contribution in [0.25, 0.3) is 0 Å². The van der Waals surface area contributed by atoms with Crippen LogP contribution in [0.1, 0.15) is 13.8 Å². The molecule has 0 aromatic carbocycles. The molecule has 1 heterocycles. The SMILES string of the molecule is CC(C)C1=CCN=C1Cl. The van der Waals surface area contributed by atoms with Gasteiger partial charge in [0.25, 0.3) is 0 Å². The van der Waals surface area contributed by atoms with Gasteiger partial charge < -0.3 is 0 Å². The Balaban J connectivity index is 2.72. The first-order valence-corrected chi connectivity index (χ1v) is 3.50. The van der Waals surface area contributed by atoms with E-state index in [-0.39, 0.29) is 0 Å². The molecule has 0 unspecified atom stereocenters. The molecule has 2 heteroatoms. The van der Waals surface area contributed by atoms with Gasteiger partial charge in [0, 0.05) is 0 Å². The Morgan fingerprint density at radius 1 is 1.67 bits per heavy atom. The molecule has 0 bridgehead atoms. The first kappa shape index (κ1) is 6.81. The van der Waals surface area contributed by atoms with Crippen LogP contribution in [-0.2, 0) is 0 Å². The van der Waals surface area contributed by atoms with E-state index < -0.39 is 0 Å². The Labute approximate surface area is 60.4 Å². The summed E-state index contributed by atoms with van der Waals surface area (Å²) < 4.78 is 0. The summed E-state index contributed by atoms with van der Waals surface area (Å²) in [6.45, 7) is 5.01. The molecule has 0 radical (unpaired) electrons. The molecule has 9 heavy (non-hydrogen) atoms. The van der Waals surface area contributed by atoms with Crippen molar-refractivity contribution in [1.82, 2.24) is 0 Å². The van der Waals surface area contributed by atoms with Gasteiger partial charge in [-0.3, -0.25) is 4.99 Å². The van der Waals surface area contributed by atoms with Gasteiger partial charge in [-0.15, -0.1) is 0 Å². The maximum atomic E-state index is 5.75. The van der Waals surface area contributed by atoms with Crippen molar-refractivity contribution in [1.29, 1.82) is 0 Å². The molecule has 1 rings (SSSR count). The lowest BCUT2D eigenvalue weighted by Gasteiger charge is -2.02. The van der Waals surface area contributed by atoms with Crippen LogP contribution in [0.4, 0.5) is 0 Å². The molecule has 0 amide bonds. The first-order valence-electron chi connectivity index (χ1n) is 3.12. The van der Waals surface area contributed by atoms with E-state index in [1.807, 2.05) is 0 Å². The molecular formula is C7H10ClN. The summed E-state index contributed by atoms with van der Waals surface area (Å²) >= 11 is 5.75. The van der Waals surface area contributed by atoms with Gasteiger partial charge in [0.2, 0.25) is 0 Å². The molecule has 1 aliphatic rings. The Kier molecular flexibility index (Phi) is 1.91. The van der Waals surface area contributed by atoms with E-state index in [2.05, 4.69) is 24.9 Å². The van der Waals surface area contributed by atoms with Gasteiger partial charge in [0.05, 0.1) is 6.54 Å². The van der Waals surface area contributed by atoms with Crippen molar-refractivity contribution in [2.24, 2.45) is 10.9 Å². The van der Waals surface area contributed by atoms with E-state index >= 15 is 0 Å². The van der Waals surface area contributed by atoms with Crippen molar-refractivity contribution in [2.75, 3.05) is 6.54 Å².